The molecule has 0 amide bonds. The molecule has 0 unspecified atom stereocenters. The third-order valence-corrected chi connectivity index (χ3v) is 3.55. The van der Waals surface area contributed by atoms with E-state index in [0.29, 0.717) is 5.02 Å². The zero-order chi connectivity index (χ0) is 8.48. The Kier molecular flexibility index (Phi) is 2.37. The van der Waals surface area contributed by atoms with E-state index < -0.39 is 8.32 Å². The number of benzene rings is 1. The summed E-state index contributed by atoms with van der Waals surface area (Å²) in [6, 6.07) is 7.38. The minimum Gasteiger partial charge on any atom is -0.428 e. The Balaban J connectivity index is 2.99. The van der Waals surface area contributed by atoms with Crippen LogP contribution in [0.15, 0.2) is 24.3 Å². The number of hydrogen-bond donors (Lipinski definition) is 1. The molecular formula is C8H11ClOSi. The van der Waals surface area contributed by atoms with Crippen LogP contribution in [-0.4, -0.2) is 13.1 Å². The maximum Gasteiger partial charge on any atom is 0.213 e. The molecule has 1 nitrogen and oxygen atoms in total. The number of rotatable bonds is 1. The first kappa shape index (κ1) is 8.78. The molecule has 0 aliphatic carbocycles. The Morgan fingerprint density at radius 1 is 1.18 bits per heavy atom. The van der Waals surface area contributed by atoms with Gasteiger partial charge in [0, 0.05) is 5.02 Å². The van der Waals surface area contributed by atoms with Crippen molar-refractivity contribution in [3.05, 3.63) is 29.3 Å². The summed E-state index contributed by atoms with van der Waals surface area (Å²) >= 11 is 5.70. The van der Waals surface area contributed by atoms with Crippen molar-refractivity contribution < 1.29 is 4.80 Å². The summed E-state index contributed by atoms with van der Waals surface area (Å²) in [7, 11) is -2.11. The molecule has 0 fully saturated rings. The molecule has 3 heteroatoms. The third-order valence-electron chi connectivity index (χ3n) is 1.55. The van der Waals surface area contributed by atoms with Crippen LogP contribution in [-0.2, 0) is 0 Å². The second-order valence-corrected chi connectivity index (χ2v) is 7.20. The Labute approximate surface area is 72.8 Å². The van der Waals surface area contributed by atoms with E-state index in [4.69, 9.17) is 11.6 Å². The molecule has 0 heterocycles. The van der Waals surface area contributed by atoms with Gasteiger partial charge in [0.15, 0.2) is 0 Å². The summed E-state index contributed by atoms with van der Waals surface area (Å²) in [6.45, 7) is 3.77. The molecule has 0 aromatic heterocycles. The second kappa shape index (κ2) is 2.97. The van der Waals surface area contributed by atoms with E-state index in [1.807, 2.05) is 37.4 Å². The van der Waals surface area contributed by atoms with Crippen LogP contribution < -0.4 is 5.19 Å². The molecule has 0 saturated heterocycles. The lowest BCUT2D eigenvalue weighted by Gasteiger charge is -2.13. The molecule has 0 spiro atoms. The van der Waals surface area contributed by atoms with Gasteiger partial charge in [-0.25, -0.2) is 0 Å². The van der Waals surface area contributed by atoms with Gasteiger partial charge in [-0.05, 0) is 30.4 Å². The molecule has 1 N–H and O–H groups in total. The molecule has 0 bridgehead atoms. The molecule has 1 aromatic rings. The molecule has 1 aromatic carbocycles. The van der Waals surface area contributed by atoms with Crippen molar-refractivity contribution in [3.63, 3.8) is 0 Å². The molecular weight excluding hydrogens is 176 g/mol. The van der Waals surface area contributed by atoms with Gasteiger partial charge in [-0.1, -0.05) is 23.7 Å². The molecule has 0 aliphatic heterocycles. The highest BCUT2D eigenvalue weighted by Crippen LogP contribution is 2.06. The van der Waals surface area contributed by atoms with Crippen LogP contribution in [0.3, 0.4) is 0 Å². The highest BCUT2D eigenvalue weighted by atomic mass is 35.5. The molecule has 1 rings (SSSR count). The lowest BCUT2D eigenvalue weighted by Crippen LogP contribution is -2.41. The fraction of sp³-hybridized carbons (Fsp3) is 0.250. The first-order valence-electron chi connectivity index (χ1n) is 3.48. The van der Waals surface area contributed by atoms with Gasteiger partial charge in [-0.15, -0.1) is 0 Å². The van der Waals surface area contributed by atoms with Gasteiger partial charge in [0.05, 0.1) is 0 Å². The molecule has 0 atom stereocenters. The average Bonchev–Trinajstić information content (AvgIpc) is 1.86. The Bertz CT molecular complexity index is 237. The predicted octanol–water partition coefficient (Wildman–Crippen LogP) is 1.74. The Morgan fingerprint density at radius 3 is 2.00 bits per heavy atom. The van der Waals surface area contributed by atoms with Crippen LogP contribution in [0, 0.1) is 0 Å². The van der Waals surface area contributed by atoms with Crippen molar-refractivity contribution >= 4 is 25.1 Å². The van der Waals surface area contributed by atoms with Gasteiger partial charge in [0.1, 0.15) is 0 Å². The minimum absolute atomic E-state index is 0.715. The normalized spacial score (nSPS) is 11.6. The van der Waals surface area contributed by atoms with Crippen LogP contribution in [0.4, 0.5) is 0 Å². The largest absolute Gasteiger partial charge is 0.428 e. The van der Waals surface area contributed by atoms with Crippen molar-refractivity contribution in [2.24, 2.45) is 0 Å². The zero-order valence-electron chi connectivity index (χ0n) is 6.63. The number of hydrogen-bond acceptors (Lipinski definition) is 1. The maximum absolute atomic E-state index is 9.68. The first-order valence-corrected chi connectivity index (χ1v) is 6.81. The van der Waals surface area contributed by atoms with Crippen molar-refractivity contribution in [2.45, 2.75) is 13.1 Å². The Hall–Kier alpha value is -0.313. The summed E-state index contributed by atoms with van der Waals surface area (Å²) < 4.78 is 0. The number of halogens is 1. The van der Waals surface area contributed by atoms with Crippen LogP contribution in [0.1, 0.15) is 0 Å². The van der Waals surface area contributed by atoms with Crippen molar-refractivity contribution in [1.82, 2.24) is 0 Å². The van der Waals surface area contributed by atoms with Gasteiger partial charge in [-0.2, -0.15) is 0 Å². The van der Waals surface area contributed by atoms with Gasteiger partial charge in [-0.3, -0.25) is 0 Å². The molecule has 0 aliphatic rings. The summed E-state index contributed by atoms with van der Waals surface area (Å²) in [4.78, 5) is 9.68. The highest BCUT2D eigenvalue weighted by Gasteiger charge is 2.18. The van der Waals surface area contributed by atoms with Gasteiger partial charge < -0.3 is 4.80 Å². The maximum atomic E-state index is 9.68. The lowest BCUT2D eigenvalue weighted by molar-refractivity contribution is 0.568. The summed E-state index contributed by atoms with van der Waals surface area (Å²) in [6.07, 6.45) is 0. The van der Waals surface area contributed by atoms with Crippen LogP contribution in [0.25, 0.3) is 0 Å². The summed E-state index contributed by atoms with van der Waals surface area (Å²) in [5.74, 6) is 0. The third kappa shape index (κ3) is 2.33. The molecule has 60 valence electrons. The minimum atomic E-state index is -2.11. The fourth-order valence-electron chi connectivity index (χ4n) is 0.858. The molecule has 0 radical (unpaired) electrons. The monoisotopic (exact) mass is 186 g/mol. The van der Waals surface area contributed by atoms with Crippen molar-refractivity contribution in [3.8, 4) is 0 Å². The quantitative estimate of drug-likeness (QED) is 0.663. The standard InChI is InChI=1S/C8H11ClOSi/c1-11(2,10)8-5-3-7(9)4-6-8/h3-6,10H,1-2H3. The van der Waals surface area contributed by atoms with Crippen LogP contribution in [0.2, 0.25) is 18.1 Å². The predicted molar refractivity (Wildman–Crippen MR) is 50.8 cm³/mol. The smallest absolute Gasteiger partial charge is 0.213 e. The highest BCUT2D eigenvalue weighted by molar-refractivity contribution is 6.83. The van der Waals surface area contributed by atoms with Crippen molar-refractivity contribution in [2.75, 3.05) is 0 Å². The van der Waals surface area contributed by atoms with Gasteiger partial charge in [0.25, 0.3) is 0 Å². The zero-order valence-corrected chi connectivity index (χ0v) is 8.39. The average molecular weight is 187 g/mol. The van der Waals surface area contributed by atoms with E-state index in [2.05, 4.69) is 0 Å². The fourth-order valence-corrected chi connectivity index (χ4v) is 1.97. The molecule has 0 saturated carbocycles. The first-order chi connectivity index (χ1) is 5.00. The van der Waals surface area contributed by atoms with E-state index in [1.54, 1.807) is 0 Å². The SMILES string of the molecule is C[Si](C)(O)c1ccc(Cl)cc1. The summed E-state index contributed by atoms with van der Waals surface area (Å²) in [5.41, 5.74) is 0. The van der Waals surface area contributed by atoms with E-state index in [-0.39, 0.29) is 0 Å². The molecule has 11 heavy (non-hydrogen) atoms. The van der Waals surface area contributed by atoms with Gasteiger partial charge >= 0.3 is 0 Å². The van der Waals surface area contributed by atoms with E-state index in [9.17, 15) is 4.80 Å². The Morgan fingerprint density at radius 2 is 1.64 bits per heavy atom. The van der Waals surface area contributed by atoms with E-state index in [1.165, 1.54) is 0 Å². The van der Waals surface area contributed by atoms with E-state index >= 15 is 0 Å². The summed E-state index contributed by atoms with van der Waals surface area (Å²) in [5, 5.41) is 1.73. The van der Waals surface area contributed by atoms with Gasteiger partial charge in [0.2, 0.25) is 8.32 Å². The van der Waals surface area contributed by atoms with Crippen molar-refractivity contribution in [1.29, 1.82) is 0 Å². The lowest BCUT2D eigenvalue weighted by atomic mass is 10.4. The topological polar surface area (TPSA) is 20.2 Å². The van der Waals surface area contributed by atoms with E-state index in [0.717, 1.165) is 5.19 Å². The van der Waals surface area contributed by atoms with Crippen LogP contribution in [0.5, 0.6) is 0 Å². The van der Waals surface area contributed by atoms with Crippen LogP contribution >= 0.6 is 11.6 Å². The second-order valence-electron chi connectivity index (χ2n) is 3.07.